The third-order valence-corrected chi connectivity index (χ3v) is 3.91. The lowest BCUT2D eigenvalue weighted by molar-refractivity contribution is 0.305. The number of ether oxygens (including phenoxy) is 1. The van der Waals surface area contributed by atoms with Crippen molar-refractivity contribution in [1.82, 2.24) is 5.32 Å². The van der Waals surface area contributed by atoms with Crippen molar-refractivity contribution in [3.8, 4) is 5.75 Å². The van der Waals surface area contributed by atoms with E-state index in [1.807, 2.05) is 7.05 Å². The zero-order chi connectivity index (χ0) is 13.9. The molecular formula is C16H27NO. The second kappa shape index (κ2) is 6.24. The maximum absolute atomic E-state index is 5.58. The zero-order valence-corrected chi connectivity index (χ0v) is 12.8. The molecule has 1 rings (SSSR count). The largest absolute Gasteiger partial charge is 0.496 e. The van der Waals surface area contributed by atoms with Crippen molar-refractivity contribution in [3.63, 3.8) is 0 Å². The molecule has 2 nitrogen and oxygen atoms in total. The molecule has 102 valence electrons. The highest BCUT2D eigenvalue weighted by Gasteiger charge is 2.25. The Balaban J connectivity index is 3.28. The molecule has 0 fully saturated rings. The Labute approximate surface area is 112 Å². The van der Waals surface area contributed by atoms with Crippen molar-refractivity contribution in [1.29, 1.82) is 0 Å². The monoisotopic (exact) mass is 249 g/mol. The number of methoxy groups -OCH3 is 1. The second-order valence-electron chi connectivity index (χ2n) is 5.57. The number of nitrogens with one attached hydrogen (secondary N) is 1. The molecule has 0 bridgehead atoms. The molecule has 0 aliphatic heterocycles. The predicted molar refractivity (Wildman–Crippen MR) is 78.3 cm³/mol. The zero-order valence-electron chi connectivity index (χ0n) is 12.8. The van der Waals surface area contributed by atoms with Crippen LogP contribution < -0.4 is 10.1 Å². The van der Waals surface area contributed by atoms with Crippen LogP contribution in [0.2, 0.25) is 0 Å². The first-order valence-corrected chi connectivity index (χ1v) is 6.74. The van der Waals surface area contributed by atoms with E-state index in [1.54, 1.807) is 7.11 Å². The maximum Gasteiger partial charge on any atom is 0.124 e. The number of hydrogen-bond acceptors (Lipinski definition) is 2. The lowest BCUT2D eigenvalue weighted by atomic mass is 9.83. The summed E-state index contributed by atoms with van der Waals surface area (Å²) in [6.45, 7) is 11.1. The Kier molecular flexibility index (Phi) is 5.21. The minimum absolute atomic E-state index is 0.334. The van der Waals surface area contributed by atoms with Crippen molar-refractivity contribution in [2.75, 3.05) is 14.2 Å². The molecule has 0 amide bonds. The summed E-state index contributed by atoms with van der Waals surface area (Å²) in [5, 5.41) is 3.45. The fourth-order valence-electron chi connectivity index (χ4n) is 2.56. The van der Waals surface area contributed by atoms with E-state index >= 15 is 0 Å². The van der Waals surface area contributed by atoms with Crippen LogP contribution in [0, 0.1) is 25.7 Å². The molecule has 0 saturated carbocycles. The summed E-state index contributed by atoms with van der Waals surface area (Å²) < 4.78 is 5.58. The second-order valence-corrected chi connectivity index (χ2v) is 5.57. The van der Waals surface area contributed by atoms with E-state index < -0.39 is 0 Å². The predicted octanol–water partition coefficient (Wildman–Crippen LogP) is 3.86. The van der Waals surface area contributed by atoms with E-state index in [0.29, 0.717) is 17.9 Å². The van der Waals surface area contributed by atoms with Gasteiger partial charge in [-0.1, -0.05) is 26.8 Å². The molecule has 2 unspecified atom stereocenters. The minimum Gasteiger partial charge on any atom is -0.496 e. The van der Waals surface area contributed by atoms with E-state index in [1.165, 1.54) is 16.7 Å². The van der Waals surface area contributed by atoms with Gasteiger partial charge in [0.1, 0.15) is 5.75 Å². The molecule has 0 radical (unpaired) electrons. The van der Waals surface area contributed by atoms with E-state index in [0.717, 1.165) is 5.75 Å². The van der Waals surface area contributed by atoms with Gasteiger partial charge >= 0.3 is 0 Å². The van der Waals surface area contributed by atoms with Gasteiger partial charge in [-0.25, -0.2) is 0 Å². The van der Waals surface area contributed by atoms with Gasteiger partial charge in [-0.05, 0) is 49.9 Å². The summed E-state index contributed by atoms with van der Waals surface area (Å²) in [5.74, 6) is 2.19. The lowest BCUT2D eigenvalue weighted by Gasteiger charge is -2.30. The number of hydrogen-bond donors (Lipinski definition) is 1. The first kappa shape index (κ1) is 15.0. The first-order valence-electron chi connectivity index (χ1n) is 6.74. The van der Waals surface area contributed by atoms with Gasteiger partial charge in [0, 0.05) is 11.6 Å². The summed E-state index contributed by atoms with van der Waals surface area (Å²) in [4.78, 5) is 0. The molecule has 2 atom stereocenters. The molecule has 1 N–H and O–H groups in total. The van der Waals surface area contributed by atoms with Crippen LogP contribution in [0.3, 0.4) is 0 Å². The molecule has 18 heavy (non-hydrogen) atoms. The highest BCUT2D eigenvalue weighted by atomic mass is 16.5. The molecule has 0 aromatic heterocycles. The van der Waals surface area contributed by atoms with E-state index in [9.17, 15) is 0 Å². The molecule has 1 aromatic rings. The lowest BCUT2D eigenvalue weighted by Crippen LogP contribution is -2.28. The summed E-state index contributed by atoms with van der Waals surface area (Å²) in [6.07, 6.45) is 0. The number of benzene rings is 1. The smallest absolute Gasteiger partial charge is 0.124 e. The fraction of sp³-hybridized carbons (Fsp3) is 0.625. The van der Waals surface area contributed by atoms with Gasteiger partial charge in [0.05, 0.1) is 7.11 Å². The highest BCUT2D eigenvalue weighted by molar-refractivity contribution is 5.45. The average molecular weight is 249 g/mol. The Bertz CT molecular complexity index is 398. The standard InChI is InChI=1S/C16H27NO/c1-10(2)13(5)16(17-6)15-12(4)8-11(3)9-14(15)18-7/h8-10,13,16-17H,1-7H3. The third-order valence-electron chi connectivity index (χ3n) is 3.91. The molecule has 0 aliphatic carbocycles. The van der Waals surface area contributed by atoms with Crippen LogP contribution in [0.5, 0.6) is 5.75 Å². The Morgan fingerprint density at radius 1 is 1.11 bits per heavy atom. The molecule has 2 heteroatoms. The van der Waals surface area contributed by atoms with Crippen molar-refractivity contribution in [2.45, 2.75) is 40.7 Å². The van der Waals surface area contributed by atoms with Gasteiger partial charge in [-0.2, -0.15) is 0 Å². The van der Waals surface area contributed by atoms with Crippen LogP contribution in [-0.2, 0) is 0 Å². The first-order chi connectivity index (χ1) is 8.42. The summed E-state index contributed by atoms with van der Waals surface area (Å²) >= 11 is 0. The topological polar surface area (TPSA) is 21.3 Å². The van der Waals surface area contributed by atoms with E-state index in [2.05, 4.69) is 52.1 Å². The molecule has 0 spiro atoms. The summed E-state index contributed by atoms with van der Waals surface area (Å²) in [5.41, 5.74) is 3.85. The maximum atomic E-state index is 5.58. The van der Waals surface area contributed by atoms with Crippen LogP contribution in [0.4, 0.5) is 0 Å². The highest BCUT2D eigenvalue weighted by Crippen LogP contribution is 2.36. The summed E-state index contributed by atoms with van der Waals surface area (Å²) in [6, 6.07) is 4.69. The molecule has 0 heterocycles. The van der Waals surface area contributed by atoms with Gasteiger partial charge in [0.25, 0.3) is 0 Å². The molecule has 0 aliphatic rings. The van der Waals surface area contributed by atoms with Crippen LogP contribution >= 0.6 is 0 Å². The SMILES string of the molecule is CNC(c1c(C)cc(C)cc1OC)C(C)C(C)C. The van der Waals surface area contributed by atoms with Crippen molar-refractivity contribution in [3.05, 3.63) is 28.8 Å². The van der Waals surface area contributed by atoms with Crippen LogP contribution in [-0.4, -0.2) is 14.2 Å². The third kappa shape index (κ3) is 3.05. The normalized spacial score (nSPS) is 14.7. The van der Waals surface area contributed by atoms with Crippen LogP contribution in [0.1, 0.15) is 43.5 Å². The van der Waals surface area contributed by atoms with Crippen LogP contribution in [0.15, 0.2) is 12.1 Å². The Hall–Kier alpha value is -1.02. The van der Waals surface area contributed by atoms with Gasteiger partial charge in [0.2, 0.25) is 0 Å². The van der Waals surface area contributed by atoms with E-state index in [4.69, 9.17) is 4.74 Å². The Morgan fingerprint density at radius 3 is 2.17 bits per heavy atom. The number of rotatable bonds is 5. The number of aryl methyl sites for hydroxylation is 2. The van der Waals surface area contributed by atoms with Crippen LogP contribution in [0.25, 0.3) is 0 Å². The fourth-order valence-corrected chi connectivity index (χ4v) is 2.56. The van der Waals surface area contributed by atoms with Crippen molar-refractivity contribution in [2.24, 2.45) is 11.8 Å². The molecule has 0 saturated heterocycles. The molecular weight excluding hydrogens is 222 g/mol. The molecule has 1 aromatic carbocycles. The van der Waals surface area contributed by atoms with Gasteiger partial charge < -0.3 is 10.1 Å². The van der Waals surface area contributed by atoms with Gasteiger partial charge in [-0.3, -0.25) is 0 Å². The van der Waals surface area contributed by atoms with Gasteiger partial charge in [-0.15, -0.1) is 0 Å². The van der Waals surface area contributed by atoms with E-state index in [-0.39, 0.29) is 0 Å². The van der Waals surface area contributed by atoms with Crippen molar-refractivity contribution < 1.29 is 4.74 Å². The van der Waals surface area contributed by atoms with Gasteiger partial charge in [0.15, 0.2) is 0 Å². The quantitative estimate of drug-likeness (QED) is 0.855. The minimum atomic E-state index is 0.334. The average Bonchev–Trinajstić information content (AvgIpc) is 2.31. The van der Waals surface area contributed by atoms with Crippen molar-refractivity contribution >= 4 is 0 Å². The summed E-state index contributed by atoms with van der Waals surface area (Å²) in [7, 11) is 3.78. The Morgan fingerprint density at radius 2 is 1.72 bits per heavy atom.